The fraction of sp³-hybridized carbons (Fsp3) is 0.905. The third-order valence-electron chi connectivity index (χ3n) is 9.21. The van der Waals surface area contributed by atoms with Gasteiger partial charge in [-0.25, -0.2) is 0 Å². The molecule has 2 bridgehead atoms. The van der Waals surface area contributed by atoms with Crippen molar-refractivity contribution in [2.45, 2.75) is 83.1 Å². The van der Waals surface area contributed by atoms with Crippen molar-refractivity contribution in [1.82, 2.24) is 0 Å². The van der Waals surface area contributed by atoms with Gasteiger partial charge < -0.3 is 19.3 Å². The Balaban J connectivity index is 1.47. The topological polar surface area (TPSA) is 47.9 Å². The first-order valence-electron chi connectivity index (χ1n) is 10.2. The Morgan fingerprint density at radius 1 is 1.12 bits per heavy atom. The summed E-state index contributed by atoms with van der Waals surface area (Å²) < 4.78 is 19.5. The van der Waals surface area contributed by atoms with Gasteiger partial charge in [0.1, 0.15) is 0 Å². The van der Waals surface area contributed by atoms with E-state index < -0.39 is 11.6 Å². The van der Waals surface area contributed by atoms with Gasteiger partial charge in [0.2, 0.25) is 0 Å². The predicted octanol–water partition coefficient (Wildman–Crippen LogP) is 3.39. The number of aliphatic hydroxyl groups excluding tert-OH is 1. The SMILES string of the molecule is CC12OC[C@H]3O[C@]4(O1)[C@@H]1CC=C5C[C@@H](O)CC[C@]5(C)[C@H]1CC[C@]4(C)[C@H]32. The van der Waals surface area contributed by atoms with E-state index in [1.165, 1.54) is 18.4 Å². The van der Waals surface area contributed by atoms with Gasteiger partial charge in [-0.1, -0.05) is 25.5 Å². The smallest absolute Gasteiger partial charge is 0.181 e. The predicted molar refractivity (Wildman–Crippen MR) is 91.5 cm³/mol. The molecule has 6 aliphatic rings. The van der Waals surface area contributed by atoms with E-state index in [0.717, 1.165) is 25.7 Å². The first-order valence-corrected chi connectivity index (χ1v) is 10.2. The van der Waals surface area contributed by atoms with Gasteiger partial charge >= 0.3 is 0 Å². The number of ether oxygens (including phenoxy) is 3. The van der Waals surface area contributed by atoms with E-state index in [1.807, 2.05) is 0 Å². The fourth-order valence-electron chi connectivity index (χ4n) is 8.12. The summed E-state index contributed by atoms with van der Waals surface area (Å²) in [6, 6.07) is 0. The molecule has 0 amide bonds. The second kappa shape index (κ2) is 4.35. The van der Waals surface area contributed by atoms with Crippen molar-refractivity contribution in [3.8, 4) is 0 Å². The minimum Gasteiger partial charge on any atom is -0.393 e. The Bertz CT molecular complexity index is 675. The van der Waals surface area contributed by atoms with Crippen LogP contribution in [0.25, 0.3) is 0 Å². The van der Waals surface area contributed by atoms with E-state index in [4.69, 9.17) is 14.2 Å². The molecule has 1 N–H and O–H groups in total. The number of allylic oxidation sites excluding steroid dienone is 1. The molecule has 2 saturated carbocycles. The molecule has 9 atom stereocenters. The molecule has 4 nitrogen and oxygen atoms in total. The van der Waals surface area contributed by atoms with Crippen molar-refractivity contribution in [1.29, 1.82) is 0 Å². The zero-order chi connectivity index (χ0) is 17.2. The minimum absolute atomic E-state index is 0.0694. The average Bonchev–Trinajstić information content (AvgIpc) is 3.04. The molecule has 0 radical (unpaired) electrons. The molecule has 138 valence electrons. The highest BCUT2D eigenvalue weighted by Crippen LogP contribution is 2.75. The highest BCUT2D eigenvalue weighted by molar-refractivity contribution is 5.29. The lowest BCUT2D eigenvalue weighted by molar-refractivity contribution is -0.358. The quantitative estimate of drug-likeness (QED) is 0.683. The zero-order valence-corrected chi connectivity index (χ0v) is 15.6. The first-order chi connectivity index (χ1) is 11.8. The largest absolute Gasteiger partial charge is 0.393 e. The van der Waals surface area contributed by atoms with Crippen molar-refractivity contribution in [2.24, 2.45) is 28.6 Å². The van der Waals surface area contributed by atoms with Crippen LogP contribution in [0.15, 0.2) is 11.6 Å². The first kappa shape index (κ1) is 15.6. The molecule has 0 aromatic carbocycles. The van der Waals surface area contributed by atoms with E-state index in [-0.39, 0.29) is 23.0 Å². The lowest BCUT2D eigenvalue weighted by atomic mass is 9.48. The van der Waals surface area contributed by atoms with E-state index in [2.05, 4.69) is 26.8 Å². The maximum Gasteiger partial charge on any atom is 0.181 e. The number of aliphatic hydroxyl groups is 1. The van der Waals surface area contributed by atoms with E-state index in [0.29, 0.717) is 24.4 Å². The molecular formula is C21H30O4. The minimum atomic E-state index is -0.475. The molecule has 5 fully saturated rings. The van der Waals surface area contributed by atoms with Gasteiger partial charge in [-0.2, -0.15) is 0 Å². The van der Waals surface area contributed by atoms with Crippen LogP contribution >= 0.6 is 0 Å². The molecule has 0 aromatic heterocycles. The second-order valence-corrected chi connectivity index (χ2v) is 10.2. The molecule has 3 saturated heterocycles. The van der Waals surface area contributed by atoms with Crippen LogP contribution in [-0.4, -0.2) is 35.5 Å². The lowest BCUT2D eigenvalue weighted by Gasteiger charge is -2.59. The van der Waals surface area contributed by atoms with Crippen molar-refractivity contribution in [3.63, 3.8) is 0 Å². The Morgan fingerprint density at radius 2 is 1.96 bits per heavy atom. The number of hydrogen-bond acceptors (Lipinski definition) is 4. The molecule has 1 unspecified atom stereocenters. The molecular weight excluding hydrogens is 316 g/mol. The zero-order valence-electron chi connectivity index (χ0n) is 15.6. The second-order valence-electron chi connectivity index (χ2n) is 10.2. The third-order valence-corrected chi connectivity index (χ3v) is 9.21. The summed E-state index contributed by atoms with van der Waals surface area (Å²) in [5.41, 5.74) is 1.76. The number of hydrogen-bond donors (Lipinski definition) is 1. The molecule has 3 aliphatic heterocycles. The average molecular weight is 346 g/mol. The van der Waals surface area contributed by atoms with Crippen LogP contribution in [0.3, 0.4) is 0 Å². The van der Waals surface area contributed by atoms with Gasteiger partial charge in [-0.05, 0) is 56.8 Å². The van der Waals surface area contributed by atoms with Crippen LogP contribution in [0.2, 0.25) is 0 Å². The summed E-state index contributed by atoms with van der Waals surface area (Å²) in [7, 11) is 0. The lowest BCUT2D eigenvalue weighted by Crippen LogP contribution is -2.60. The van der Waals surface area contributed by atoms with Crippen LogP contribution in [0, 0.1) is 28.6 Å². The third kappa shape index (κ3) is 1.54. The normalized spacial score (nSPS) is 64.5. The van der Waals surface area contributed by atoms with Gasteiger partial charge in [0, 0.05) is 11.3 Å². The van der Waals surface area contributed by atoms with E-state index >= 15 is 0 Å². The number of fused-ring (bicyclic) bond motifs is 3. The van der Waals surface area contributed by atoms with E-state index in [1.54, 1.807) is 0 Å². The maximum atomic E-state index is 10.2. The highest BCUT2D eigenvalue weighted by atomic mass is 16.8. The van der Waals surface area contributed by atoms with Crippen LogP contribution < -0.4 is 0 Å². The maximum absolute atomic E-state index is 10.2. The van der Waals surface area contributed by atoms with Gasteiger partial charge in [0.15, 0.2) is 11.6 Å². The molecule has 3 heterocycles. The highest BCUT2D eigenvalue weighted by Gasteiger charge is 2.83. The fourth-order valence-corrected chi connectivity index (χ4v) is 8.12. The molecule has 4 heteroatoms. The van der Waals surface area contributed by atoms with Crippen molar-refractivity contribution >= 4 is 0 Å². The Hall–Kier alpha value is -0.420. The van der Waals surface area contributed by atoms with Crippen molar-refractivity contribution in [2.75, 3.05) is 6.61 Å². The molecule has 0 aromatic rings. The number of rotatable bonds is 0. The Kier molecular flexibility index (Phi) is 2.72. The van der Waals surface area contributed by atoms with Crippen LogP contribution in [0.1, 0.15) is 59.3 Å². The Morgan fingerprint density at radius 3 is 2.76 bits per heavy atom. The summed E-state index contributed by atoms with van der Waals surface area (Å²) in [6.07, 6.45) is 8.79. The van der Waals surface area contributed by atoms with Gasteiger partial charge in [0.25, 0.3) is 0 Å². The summed E-state index contributed by atoms with van der Waals surface area (Å²) >= 11 is 0. The molecule has 0 spiro atoms. The van der Waals surface area contributed by atoms with Gasteiger partial charge in [-0.15, -0.1) is 0 Å². The summed E-state index contributed by atoms with van der Waals surface area (Å²) in [6.45, 7) is 7.67. The summed E-state index contributed by atoms with van der Waals surface area (Å²) in [4.78, 5) is 0. The standard InChI is InChI=1S/C21H30O4/c1-18-8-6-13(22)10-12(18)4-5-15-14(18)7-9-19(2)17-16-11-23-20(17,3)25-21(15,19)24-16/h4,13-17,22H,5-11H2,1-3H3/t13-,14-,15+,16+,17-,18-,19+,20?,21-/m0/s1. The van der Waals surface area contributed by atoms with Crippen molar-refractivity contribution < 1.29 is 19.3 Å². The molecule has 6 rings (SSSR count). The summed E-state index contributed by atoms with van der Waals surface area (Å²) in [5.74, 6) is 0.434. The van der Waals surface area contributed by atoms with Crippen molar-refractivity contribution in [3.05, 3.63) is 11.6 Å². The van der Waals surface area contributed by atoms with Gasteiger partial charge in [0.05, 0.1) is 24.7 Å². The summed E-state index contributed by atoms with van der Waals surface area (Å²) in [5, 5.41) is 10.2. The Labute approximate surface area is 149 Å². The monoisotopic (exact) mass is 346 g/mol. The van der Waals surface area contributed by atoms with Crippen LogP contribution in [-0.2, 0) is 14.2 Å². The van der Waals surface area contributed by atoms with Crippen LogP contribution in [0.5, 0.6) is 0 Å². The molecule has 25 heavy (non-hydrogen) atoms. The van der Waals surface area contributed by atoms with Gasteiger partial charge in [-0.3, -0.25) is 0 Å². The molecule has 3 aliphatic carbocycles. The van der Waals surface area contributed by atoms with Crippen LogP contribution in [0.4, 0.5) is 0 Å². The van der Waals surface area contributed by atoms with E-state index in [9.17, 15) is 5.11 Å².